The van der Waals surface area contributed by atoms with E-state index in [1.165, 1.54) is 19.2 Å². The fourth-order valence-electron chi connectivity index (χ4n) is 4.95. The summed E-state index contributed by atoms with van der Waals surface area (Å²) in [6.45, 7) is 0.424. The lowest BCUT2D eigenvalue weighted by Gasteiger charge is -2.16. The molecule has 2 saturated carbocycles. The molecule has 2 aliphatic rings. The second-order valence-corrected chi connectivity index (χ2v) is 11.1. The fraction of sp³-hybridized carbons (Fsp3) is 0.303. The van der Waals surface area contributed by atoms with Gasteiger partial charge < -0.3 is 30.0 Å². The Morgan fingerprint density at radius 2 is 1.63 bits per heavy atom. The number of rotatable bonds is 12. The van der Waals surface area contributed by atoms with Crippen LogP contribution >= 0.6 is 0 Å². The maximum Gasteiger partial charge on any atom is 0.240 e. The number of para-hydroxylation sites is 1. The molecule has 3 aromatic carbocycles. The number of aliphatic hydroxyl groups is 1. The normalized spacial score (nSPS) is 15.8. The summed E-state index contributed by atoms with van der Waals surface area (Å²) < 4.78 is 32.6. The number of hydrogen-bond acceptors (Lipinski definition) is 7. The molecule has 9 nitrogen and oxygen atoms in total. The first kappa shape index (κ1) is 28.4. The molecule has 0 atom stereocenters. The van der Waals surface area contributed by atoms with Crippen molar-refractivity contribution in [2.45, 2.75) is 44.1 Å². The van der Waals surface area contributed by atoms with Gasteiger partial charge >= 0.3 is 0 Å². The van der Waals surface area contributed by atoms with E-state index in [-0.39, 0.29) is 17.3 Å². The molecule has 0 radical (unpaired) electrons. The van der Waals surface area contributed by atoms with Gasteiger partial charge in [-0.05, 0) is 74.9 Å². The Labute approximate surface area is 248 Å². The van der Waals surface area contributed by atoms with Gasteiger partial charge in [-0.25, -0.2) is 4.39 Å². The van der Waals surface area contributed by atoms with Gasteiger partial charge in [-0.1, -0.05) is 18.2 Å². The van der Waals surface area contributed by atoms with Crippen molar-refractivity contribution in [2.24, 2.45) is 5.41 Å². The minimum Gasteiger partial charge on any atom is -0.493 e. The van der Waals surface area contributed by atoms with Gasteiger partial charge in [0, 0.05) is 35.1 Å². The molecule has 0 unspecified atom stereocenters. The first-order chi connectivity index (χ1) is 20.8. The second kappa shape index (κ2) is 11.5. The van der Waals surface area contributed by atoms with Gasteiger partial charge in [-0.15, -0.1) is 0 Å². The maximum absolute atomic E-state index is 15.2. The monoisotopic (exact) mass is 585 g/mol. The molecule has 0 aliphatic heterocycles. The number of benzene rings is 3. The number of carbonyl (C=O) groups is 2. The zero-order valence-corrected chi connectivity index (χ0v) is 23.7. The highest BCUT2D eigenvalue weighted by Crippen LogP contribution is 2.48. The number of hydrogen-bond donors (Lipinski definition) is 3. The molecule has 43 heavy (non-hydrogen) atoms. The average molecular weight is 586 g/mol. The van der Waals surface area contributed by atoms with E-state index in [1.54, 1.807) is 48.7 Å². The van der Waals surface area contributed by atoms with Crippen LogP contribution in [0.2, 0.25) is 0 Å². The van der Waals surface area contributed by atoms with Crippen LogP contribution in [0.5, 0.6) is 23.0 Å². The largest absolute Gasteiger partial charge is 0.493 e. The van der Waals surface area contributed by atoms with E-state index >= 15 is 4.39 Å². The average Bonchev–Trinajstić information content (AvgIpc) is 3.94. The number of carbonyl (C=O) groups excluding carboxylic acids is 2. The highest BCUT2D eigenvalue weighted by molar-refractivity contribution is 6.16. The van der Waals surface area contributed by atoms with Crippen molar-refractivity contribution < 1.29 is 33.3 Å². The molecular weight excluding hydrogens is 553 g/mol. The Kier molecular flexibility index (Phi) is 7.62. The van der Waals surface area contributed by atoms with Crippen molar-refractivity contribution in [1.29, 1.82) is 0 Å². The Morgan fingerprint density at radius 3 is 2.30 bits per heavy atom. The number of halogens is 1. The predicted molar refractivity (Wildman–Crippen MR) is 159 cm³/mol. The molecule has 3 N–H and O–H groups in total. The predicted octanol–water partition coefficient (Wildman–Crippen LogP) is 6.22. The molecule has 0 bridgehead atoms. The lowest BCUT2D eigenvalue weighted by molar-refractivity contribution is -0.131. The van der Waals surface area contributed by atoms with Gasteiger partial charge in [-0.2, -0.15) is 0 Å². The smallest absolute Gasteiger partial charge is 0.240 e. The number of aromatic nitrogens is 1. The van der Waals surface area contributed by atoms with Crippen LogP contribution < -0.4 is 24.8 Å². The molecule has 6 rings (SSSR count). The molecule has 4 aromatic rings. The molecule has 1 heterocycles. The molecular formula is C33H32FN3O6. The summed E-state index contributed by atoms with van der Waals surface area (Å²) in [5.74, 6) is -0.268. The fourth-order valence-corrected chi connectivity index (χ4v) is 4.95. The van der Waals surface area contributed by atoms with Crippen molar-refractivity contribution >= 4 is 34.1 Å². The number of amides is 2. The first-order valence-electron chi connectivity index (χ1n) is 14.3. The Balaban J connectivity index is 1.13. The number of anilines is 2. The molecule has 2 aliphatic carbocycles. The molecule has 2 fully saturated rings. The lowest BCUT2D eigenvalue weighted by Crippen LogP contribution is -2.35. The summed E-state index contributed by atoms with van der Waals surface area (Å²) in [6, 6.07) is 18.1. The molecule has 0 saturated heterocycles. The lowest BCUT2D eigenvalue weighted by atomic mass is 10.0. The van der Waals surface area contributed by atoms with E-state index in [0.29, 0.717) is 66.1 Å². The van der Waals surface area contributed by atoms with E-state index in [9.17, 15) is 14.7 Å². The summed E-state index contributed by atoms with van der Waals surface area (Å²) in [5, 5.41) is 16.1. The summed E-state index contributed by atoms with van der Waals surface area (Å²) in [4.78, 5) is 30.3. The number of pyridine rings is 1. The molecule has 2 amide bonds. The number of methoxy groups -OCH3 is 1. The van der Waals surface area contributed by atoms with Crippen molar-refractivity contribution in [1.82, 2.24) is 4.98 Å². The van der Waals surface area contributed by atoms with Crippen LogP contribution in [0, 0.1) is 11.2 Å². The molecule has 10 heteroatoms. The second-order valence-electron chi connectivity index (χ2n) is 11.1. The number of fused-ring (bicyclic) bond motifs is 1. The third-order valence-corrected chi connectivity index (χ3v) is 7.92. The standard InChI is InChI=1S/C33H32FN3O6/c1-41-28-19-23-25(20-29(28)42-17-5-11-32(40)12-13-32)35-16-10-26(23)43-27-9-8-22(18-24(27)34)37-31(39)33(14-15-33)30(38)36-21-6-3-2-4-7-21/h2-4,6-10,16,18-20,40H,5,11-15,17H2,1H3,(H,36,38)(H,37,39). The van der Waals surface area contributed by atoms with Gasteiger partial charge in [-0.3, -0.25) is 14.6 Å². The minimum atomic E-state index is -1.18. The van der Waals surface area contributed by atoms with Crippen LogP contribution in [0.3, 0.4) is 0 Å². The van der Waals surface area contributed by atoms with E-state index < -0.39 is 22.7 Å². The van der Waals surface area contributed by atoms with Crippen LogP contribution in [0.4, 0.5) is 15.8 Å². The Morgan fingerprint density at radius 1 is 0.884 bits per heavy atom. The van der Waals surface area contributed by atoms with Crippen molar-refractivity contribution in [2.75, 3.05) is 24.4 Å². The van der Waals surface area contributed by atoms with Crippen LogP contribution in [-0.4, -0.2) is 41.2 Å². The highest BCUT2D eigenvalue weighted by Gasteiger charge is 2.56. The Bertz CT molecular complexity index is 1670. The molecule has 1 aromatic heterocycles. The van der Waals surface area contributed by atoms with Gasteiger partial charge in [0.25, 0.3) is 0 Å². The quantitative estimate of drug-likeness (QED) is 0.133. The number of nitrogens with zero attached hydrogens (tertiary/aromatic N) is 1. The first-order valence-corrected chi connectivity index (χ1v) is 14.3. The maximum atomic E-state index is 15.2. The zero-order valence-electron chi connectivity index (χ0n) is 23.7. The summed E-state index contributed by atoms with van der Waals surface area (Å²) in [7, 11) is 1.53. The van der Waals surface area contributed by atoms with E-state index in [2.05, 4.69) is 15.6 Å². The van der Waals surface area contributed by atoms with Gasteiger partial charge in [0.05, 0.1) is 24.8 Å². The number of nitrogens with one attached hydrogen (secondary N) is 2. The topological polar surface area (TPSA) is 119 Å². The van der Waals surface area contributed by atoms with Gasteiger partial charge in [0.2, 0.25) is 11.8 Å². The SMILES string of the molecule is COc1cc2c(Oc3ccc(NC(=O)C4(C(=O)Nc5ccccc5)CC4)cc3F)ccnc2cc1OCCCC1(O)CC1. The number of ether oxygens (including phenoxy) is 3. The summed E-state index contributed by atoms with van der Waals surface area (Å²) >= 11 is 0. The highest BCUT2D eigenvalue weighted by atomic mass is 19.1. The van der Waals surface area contributed by atoms with Gasteiger partial charge in [0.15, 0.2) is 23.1 Å². The minimum absolute atomic E-state index is 0.0502. The summed E-state index contributed by atoms with van der Waals surface area (Å²) in [6.07, 6.45) is 5.46. The van der Waals surface area contributed by atoms with E-state index in [1.807, 2.05) is 6.07 Å². The molecule has 0 spiro atoms. The third kappa shape index (κ3) is 6.24. The third-order valence-electron chi connectivity index (χ3n) is 7.92. The van der Waals surface area contributed by atoms with Crippen LogP contribution in [0.1, 0.15) is 38.5 Å². The van der Waals surface area contributed by atoms with Crippen molar-refractivity contribution in [3.63, 3.8) is 0 Å². The van der Waals surface area contributed by atoms with Crippen molar-refractivity contribution in [3.05, 3.63) is 78.7 Å². The van der Waals surface area contributed by atoms with E-state index in [0.717, 1.165) is 18.9 Å². The van der Waals surface area contributed by atoms with Crippen molar-refractivity contribution in [3.8, 4) is 23.0 Å². The van der Waals surface area contributed by atoms with E-state index in [4.69, 9.17) is 14.2 Å². The van der Waals surface area contributed by atoms with Crippen LogP contribution in [0.25, 0.3) is 10.9 Å². The summed E-state index contributed by atoms with van der Waals surface area (Å²) in [5.41, 5.74) is -0.319. The molecule has 222 valence electrons. The Hall–Kier alpha value is -4.70. The van der Waals surface area contributed by atoms with Gasteiger partial charge in [0.1, 0.15) is 11.2 Å². The zero-order chi connectivity index (χ0) is 30.0. The van der Waals surface area contributed by atoms with Crippen LogP contribution in [-0.2, 0) is 9.59 Å². The van der Waals surface area contributed by atoms with Crippen LogP contribution in [0.15, 0.2) is 72.9 Å².